The second-order valence-corrected chi connectivity index (χ2v) is 8.97. The molecule has 0 radical (unpaired) electrons. The van der Waals surface area contributed by atoms with Crippen LogP contribution < -0.4 is 5.56 Å². The second-order valence-electron chi connectivity index (χ2n) is 5.66. The summed E-state index contributed by atoms with van der Waals surface area (Å²) in [6.45, 7) is 4.02. The lowest BCUT2D eigenvalue weighted by molar-refractivity contribution is 0.924. The topological polar surface area (TPSA) is 58.6 Å². The zero-order chi connectivity index (χ0) is 17.4. The van der Waals surface area contributed by atoms with Crippen LogP contribution in [-0.2, 0) is 0 Å². The number of thiophene rings is 1. The van der Waals surface area contributed by atoms with Crippen LogP contribution in [0.4, 0.5) is 0 Å². The Hall–Kier alpha value is -1.96. The van der Waals surface area contributed by atoms with E-state index < -0.39 is 0 Å². The molecule has 0 unspecified atom stereocenters. The maximum absolute atomic E-state index is 12.7. The summed E-state index contributed by atoms with van der Waals surface area (Å²) in [5.41, 5.74) is 2.91. The average Bonchev–Trinajstić information content (AvgIpc) is 3.22. The van der Waals surface area contributed by atoms with Crippen molar-refractivity contribution >= 4 is 44.7 Å². The van der Waals surface area contributed by atoms with Crippen LogP contribution in [0, 0.1) is 6.92 Å². The van der Waals surface area contributed by atoms with E-state index in [1.165, 1.54) is 11.3 Å². The molecule has 0 fully saturated rings. The minimum absolute atomic E-state index is 0.0323. The van der Waals surface area contributed by atoms with Gasteiger partial charge in [-0.2, -0.15) is 0 Å². The van der Waals surface area contributed by atoms with E-state index in [1.54, 1.807) is 23.1 Å². The Morgan fingerprint density at radius 3 is 2.64 bits per heavy atom. The van der Waals surface area contributed by atoms with Crippen molar-refractivity contribution in [3.63, 3.8) is 0 Å². The molecule has 0 aliphatic rings. The fourth-order valence-corrected chi connectivity index (χ4v) is 5.58. The van der Waals surface area contributed by atoms with Crippen LogP contribution in [0.25, 0.3) is 21.3 Å². The summed E-state index contributed by atoms with van der Waals surface area (Å²) in [4.78, 5) is 25.6. The molecule has 0 amide bonds. The fraction of sp³-hybridized carbons (Fsp3) is 0.167. The fourth-order valence-electron chi connectivity index (χ4n) is 2.58. The Labute approximate surface area is 157 Å². The smallest absolute Gasteiger partial charge is 0.260 e. The number of aryl methyl sites for hydroxylation is 1. The highest BCUT2D eigenvalue weighted by Gasteiger charge is 2.17. The Balaban J connectivity index is 1.72. The van der Waals surface area contributed by atoms with Gasteiger partial charge in [-0.3, -0.25) is 4.79 Å². The van der Waals surface area contributed by atoms with Gasteiger partial charge in [0.15, 0.2) is 4.34 Å². The lowest BCUT2D eigenvalue weighted by Crippen LogP contribution is -2.12. The van der Waals surface area contributed by atoms with Gasteiger partial charge in [-0.05, 0) is 19.4 Å². The number of aromatic amines is 1. The van der Waals surface area contributed by atoms with Crippen LogP contribution in [0.2, 0.25) is 0 Å². The third-order valence-corrected chi connectivity index (χ3v) is 6.88. The number of thiazole rings is 1. The molecule has 3 heterocycles. The number of nitrogens with one attached hydrogen (secondary N) is 1. The van der Waals surface area contributed by atoms with E-state index in [0.717, 1.165) is 26.0 Å². The first-order valence-corrected chi connectivity index (χ1v) is 10.4. The van der Waals surface area contributed by atoms with Gasteiger partial charge in [-0.15, -0.1) is 22.7 Å². The molecule has 126 valence electrons. The average molecular weight is 386 g/mol. The first-order valence-electron chi connectivity index (χ1n) is 7.77. The highest BCUT2D eigenvalue weighted by Crippen LogP contribution is 2.36. The molecule has 0 aliphatic heterocycles. The van der Waals surface area contributed by atoms with Crippen molar-refractivity contribution in [3.05, 3.63) is 63.0 Å². The van der Waals surface area contributed by atoms with Crippen LogP contribution in [0.5, 0.6) is 0 Å². The molecule has 25 heavy (non-hydrogen) atoms. The molecule has 0 bridgehead atoms. The first kappa shape index (κ1) is 16.5. The van der Waals surface area contributed by atoms with E-state index in [1.807, 2.05) is 54.9 Å². The van der Waals surface area contributed by atoms with Crippen molar-refractivity contribution in [2.45, 2.75) is 23.4 Å². The number of thioether (sulfide) groups is 1. The number of hydrogen-bond acceptors (Lipinski definition) is 6. The molecule has 4 nitrogen and oxygen atoms in total. The van der Waals surface area contributed by atoms with Crippen LogP contribution in [0.3, 0.4) is 0 Å². The highest BCUT2D eigenvalue weighted by molar-refractivity contribution is 8.01. The Morgan fingerprint density at radius 2 is 1.92 bits per heavy atom. The third kappa shape index (κ3) is 3.27. The van der Waals surface area contributed by atoms with Gasteiger partial charge in [-0.1, -0.05) is 42.1 Å². The van der Waals surface area contributed by atoms with Gasteiger partial charge in [0, 0.05) is 22.0 Å². The van der Waals surface area contributed by atoms with Gasteiger partial charge in [-0.25, -0.2) is 9.97 Å². The van der Waals surface area contributed by atoms with Crippen molar-refractivity contribution in [3.8, 4) is 11.1 Å². The van der Waals surface area contributed by atoms with Gasteiger partial charge in [0.1, 0.15) is 10.7 Å². The quantitative estimate of drug-likeness (QED) is 0.486. The van der Waals surface area contributed by atoms with E-state index in [0.29, 0.717) is 11.2 Å². The van der Waals surface area contributed by atoms with E-state index in [2.05, 4.69) is 9.97 Å². The summed E-state index contributed by atoms with van der Waals surface area (Å²) in [6, 6.07) is 9.95. The summed E-state index contributed by atoms with van der Waals surface area (Å²) in [5.74, 6) is 0.691. The molecular formula is C18H15N3OS3. The summed E-state index contributed by atoms with van der Waals surface area (Å²) in [7, 11) is 0. The van der Waals surface area contributed by atoms with E-state index >= 15 is 0 Å². The summed E-state index contributed by atoms with van der Waals surface area (Å²) >= 11 is 4.75. The largest absolute Gasteiger partial charge is 0.309 e. The number of H-pyrrole nitrogens is 1. The van der Waals surface area contributed by atoms with E-state index in [9.17, 15) is 4.79 Å². The van der Waals surface area contributed by atoms with E-state index in [-0.39, 0.29) is 10.8 Å². The second kappa shape index (κ2) is 6.74. The highest BCUT2D eigenvalue weighted by atomic mass is 32.2. The van der Waals surface area contributed by atoms with Gasteiger partial charge < -0.3 is 4.98 Å². The SMILES string of the molecule is Cc1csc(S[C@H](C)c2nc3scc(-c4ccccc4)c3c(=O)[nH]2)n1. The molecule has 4 rings (SSSR count). The van der Waals surface area contributed by atoms with Crippen LogP contribution in [0.15, 0.2) is 50.2 Å². The standard InChI is InChI=1S/C18H15N3OS3/c1-10-8-24-18(19-10)25-11(2)15-20-16(22)14-13(9-23-17(14)21-15)12-6-4-3-5-7-12/h3-9,11H,1-2H3,(H,20,21,22)/t11-/m1/s1. The molecule has 0 spiro atoms. The predicted octanol–water partition coefficient (Wildman–Crippen LogP) is 5.27. The predicted molar refractivity (Wildman–Crippen MR) is 107 cm³/mol. The minimum Gasteiger partial charge on any atom is -0.309 e. The summed E-state index contributed by atoms with van der Waals surface area (Å²) < 4.78 is 0.990. The molecule has 0 saturated carbocycles. The number of rotatable bonds is 4. The third-order valence-electron chi connectivity index (χ3n) is 3.81. The number of benzene rings is 1. The van der Waals surface area contributed by atoms with Crippen LogP contribution in [-0.4, -0.2) is 15.0 Å². The molecule has 0 saturated heterocycles. The van der Waals surface area contributed by atoms with Crippen molar-refractivity contribution in [1.29, 1.82) is 0 Å². The maximum Gasteiger partial charge on any atom is 0.260 e. The molecule has 1 atom stereocenters. The molecule has 4 aromatic rings. The molecular weight excluding hydrogens is 370 g/mol. The van der Waals surface area contributed by atoms with Crippen molar-refractivity contribution in [2.24, 2.45) is 0 Å². The van der Waals surface area contributed by atoms with Gasteiger partial charge in [0.2, 0.25) is 0 Å². The number of fused-ring (bicyclic) bond motifs is 1. The van der Waals surface area contributed by atoms with E-state index in [4.69, 9.17) is 4.98 Å². The molecule has 1 N–H and O–H groups in total. The monoisotopic (exact) mass is 385 g/mol. The summed E-state index contributed by atoms with van der Waals surface area (Å²) in [5, 5.41) is 4.74. The molecule has 7 heteroatoms. The zero-order valence-corrected chi connectivity index (χ0v) is 16.1. The van der Waals surface area contributed by atoms with Gasteiger partial charge in [0.25, 0.3) is 5.56 Å². The number of hydrogen-bond donors (Lipinski definition) is 1. The Morgan fingerprint density at radius 1 is 1.12 bits per heavy atom. The van der Waals surface area contributed by atoms with Crippen LogP contribution in [0.1, 0.15) is 23.7 Å². The van der Waals surface area contributed by atoms with Gasteiger partial charge >= 0.3 is 0 Å². The first-order chi connectivity index (χ1) is 12.1. The number of nitrogens with zero attached hydrogens (tertiary/aromatic N) is 2. The Kier molecular flexibility index (Phi) is 4.45. The van der Waals surface area contributed by atoms with Crippen molar-refractivity contribution in [1.82, 2.24) is 15.0 Å². The Bertz CT molecular complexity index is 1080. The normalized spacial score (nSPS) is 12.6. The van der Waals surface area contributed by atoms with Gasteiger partial charge in [0.05, 0.1) is 10.6 Å². The molecule has 3 aromatic heterocycles. The molecule has 1 aromatic carbocycles. The number of aromatic nitrogens is 3. The zero-order valence-electron chi connectivity index (χ0n) is 13.6. The lowest BCUT2D eigenvalue weighted by Gasteiger charge is -2.08. The summed E-state index contributed by atoms with van der Waals surface area (Å²) in [6.07, 6.45) is 0. The molecule has 0 aliphatic carbocycles. The van der Waals surface area contributed by atoms with Crippen LogP contribution >= 0.6 is 34.4 Å². The lowest BCUT2D eigenvalue weighted by atomic mass is 10.1. The maximum atomic E-state index is 12.7. The minimum atomic E-state index is -0.0807. The van der Waals surface area contributed by atoms with Crippen molar-refractivity contribution in [2.75, 3.05) is 0 Å². The van der Waals surface area contributed by atoms with Crippen molar-refractivity contribution < 1.29 is 0 Å².